The second-order valence-corrected chi connectivity index (χ2v) is 6.46. The van der Waals surface area contributed by atoms with E-state index >= 15 is 0 Å². The minimum absolute atomic E-state index is 0.117. The van der Waals surface area contributed by atoms with E-state index in [1.165, 1.54) is 32.4 Å². The monoisotopic (exact) mass is 466 g/mol. The smallest absolute Gasteiger partial charge is 0.344 e. The van der Waals surface area contributed by atoms with Crippen molar-refractivity contribution in [2.45, 2.75) is 6.61 Å². The van der Waals surface area contributed by atoms with Gasteiger partial charge in [-0.2, -0.15) is 4.98 Å². The third-order valence-corrected chi connectivity index (χ3v) is 4.33. The van der Waals surface area contributed by atoms with Gasteiger partial charge >= 0.3 is 5.97 Å². The second-order valence-electron chi connectivity index (χ2n) is 5.61. The normalized spacial score (nSPS) is 10.5. The lowest BCUT2D eigenvalue weighted by Crippen LogP contribution is -2.15. The van der Waals surface area contributed by atoms with Gasteiger partial charge in [-0.05, 0) is 52.3 Å². The number of benzene rings is 2. The number of aromatic nitrogens is 2. The number of nitrogens with zero attached hydrogens (tertiary/aromatic N) is 2. The number of halogens is 2. The van der Waals surface area contributed by atoms with Gasteiger partial charge in [-0.25, -0.2) is 9.18 Å². The van der Waals surface area contributed by atoms with Crippen molar-refractivity contribution >= 4 is 21.9 Å². The number of hydrogen-bond acceptors (Lipinski definition) is 8. The Morgan fingerprint density at radius 1 is 1.10 bits per heavy atom. The van der Waals surface area contributed by atoms with E-state index in [2.05, 4.69) is 26.1 Å². The van der Waals surface area contributed by atoms with Crippen molar-refractivity contribution in [1.29, 1.82) is 0 Å². The molecule has 0 atom stereocenters. The fourth-order valence-corrected chi connectivity index (χ4v) is 2.78. The van der Waals surface area contributed by atoms with Gasteiger partial charge in [-0.15, -0.1) is 0 Å². The van der Waals surface area contributed by atoms with Crippen LogP contribution in [0.4, 0.5) is 4.39 Å². The van der Waals surface area contributed by atoms with Crippen molar-refractivity contribution in [2.75, 3.05) is 20.8 Å². The number of carbonyl (C=O) groups is 1. The van der Waals surface area contributed by atoms with Gasteiger partial charge in [0.1, 0.15) is 11.6 Å². The Hall–Kier alpha value is -3.14. The van der Waals surface area contributed by atoms with E-state index in [1.807, 2.05) is 0 Å². The number of rotatable bonds is 8. The molecular formula is C19H16BrFN2O6. The molecule has 3 rings (SSSR count). The molecule has 0 N–H and O–H groups in total. The van der Waals surface area contributed by atoms with Gasteiger partial charge in [0.25, 0.3) is 5.89 Å². The van der Waals surface area contributed by atoms with E-state index in [9.17, 15) is 9.18 Å². The zero-order chi connectivity index (χ0) is 20.8. The maximum absolute atomic E-state index is 13.0. The molecule has 0 saturated heterocycles. The molecule has 1 aromatic heterocycles. The number of methoxy groups -OCH3 is 2. The summed E-state index contributed by atoms with van der Waals surface area (Å²) in [5, 5.41) is 3.86. The second kappa shape index (κ2) is 9.37. The van der Waals surface area contributed by atoms with Gasteiger partial charge in [-0.1, -0.05) is 5.16 Å². The molecule has 0 aliphatic carbocycles. The van der Waals surface area contributed by atoms with Gasteiger partial charge in [0.2, 0.25) is 5.82 Å². The Morgan fingerprint density at radius 3 is 2.59 bits per heavy atom. The van der Waals surface area contributed by atoms with Gasteiger partial charge in [0.15, 0.2) is 24.7 Å². The van der Waals surface area contributed by atoms with Gasteiger partial charge in [-0.3, -0.25) is 0 Å². The van der Waals surface area contributed by atoms with Crippen LogP contribution in [-0.4, -0.2) is 36.9 Å². The summed E-state index contributed by atoms with van der Waals surface area (Å²) < 4.78 is 39.3. The fraction of sp³-hybridized carbons (Fsp3) is 0.211. The van der Waals surface area contributed by atoms with E-state index in [-0.39, 0.29) is 19.1 Å². The minimum Gasteiger partial charge on any atom is -0.493 e. The maximum atomic E-state index is 13.0. The molecule has 0 fully saturated rings. The molecular weight excluding hydrogens is 451 g/mol. The van der Waals surface area contributed by atoms with Crippen molar-refractivity contribution in [3.8, 4) is 28.6 Å². The molecule has 8 nitrogen and oxygen atoms in total. The quantitative estimate of drug-likeness (QED) is 0.463. The lowest BCUT2D eigenvalue weighted by atomic mass is 10.2. The van der Waals surface area contributed by atoms with Crippen LogP contribution in [0.25, 0.3) is 11.4 Å². The zero-order valence-electron chi connectivity index (χ0n) is 15.5. The molecule has 152 valence electrons. The summed E-state index contributed by atoms with van der Waals surface area (Å²) in [7, 11) is 3.06. The number of hydrogen-bond donors (Lipinski definition) is 0. The topological polar surface area (TPSA) is 92.9 Å². The van der Waals surface area contributed by atoms with E-state index < -0.39 is 11.8 Å². The van der Waals surface area contributed by atoms with Crippen LogP contribution in [0.15, 0.2) is 45.4 Å². The van der Waals surface area contributed by atoms with Crippen molar-refractivity contribution in [1.82, 2.24) is 10.1 Å². The molecule has 0 aliphatic heterocycles. The van der Waals surface area contributed by atoms with Crippen LogP contribution in [0.5, 0.6) is 17.2 Å². The van der Waals surface area contributed by atoms with Crippen LogP contribution in [0, 0.1) is 5.82 Å². The molecule has 2 aromatic carbocycles. The zero-order valence-corrected chi connectivity index (χ0v) is 17.1. The highest BCUT2D eigenvalue weighted by Gasteiger charge is 2.14. The Labute approximate surface area is 173 Å². The Bertz CT molecular complexity index is 1010. The molecule has 0 aliphatic rings. The third kappa shape index (κ3) is 5.23. The van der Waals surface area contributed by atoms with Gasteiger partial charge < -0.3 is 23.5 Å². The molecule has 0 spiro atoms. The number of esters is 1. The molecule has 29 heavy (non-hydrogen) atoms. The van der Waals surface area contributed by atoms with Crippen molar-refractivity contribution in [3.63, 3.8) is 0 Å². The van der Waals surface area contributed by atoms with Crippen LogP contribution in [-0.2, 0) is 16.1 Å². The lowest BCUT2D eigenvalue weighted by molar-refractivity contribution is -0.148. The summed E-state index contributed by atoms with van der Waals surface area (Å²) in [4.78, 5) is 16.0. The van der Waals surface area contributed by atoms with E-state index in [4.69, 9.17) is 23.5 Å². The molecule has 0 radical (unpaired) electrons. The minimum atomic E-state index is -0.646. The average Bonchev–Trinajstić information content (AvgIpc) is 3.20. The van der Waals surface area contributed by atoms with Crippen LogP contribution in [0.2, 0.25) is 0 Å². The largest absolute Gasteiger partial charge is 0.493 e. The molecule has 1 heterocycles. The van der Waals surface area contributed by atoms with Crippen molar-refractivity contribution < 1.29 is 32.7 Å². The Morgan fingerprint density at radius 2 is 1.86 bits per heavy atom. The van der Waals surface area contributed by atoms with Crippen LogP contribution < -0.4 is 14.2 Å². The molecule has 3 aromatic rings. The summed E-state index contributed by atoms with van der Waals surface area (Å²) in [5.41, 5.74) is 0.647. The third-order valence-electron chi connectivity index (χ3n) is 3.71. The molecule has 0 unspecified atom stereocenters. The number of ether oxygens (including phenoxy) is 4. The Balaban J connectivity index is 1.55. The molecule has 0 amide bonds. The first kappa shape index (κ1) is 20.6. The summed E-state index contributed by atoms with van der Waals surface area (Å²) in [5.74, 6) is 0.764. The summed E-state index contributed by atoms with van der Waals surface area (Å²) >= 11 is 3.15. The highest BCUT2D eigenvalue weighted by molar-refractivity contribution is 9.10. The van der Waals surface area contributed by atoms with E-state index in [0.29, 0.717) is 33.1 Å². The summed E-state index contributed by atoms with van der Waals surface area (Å²) in [6, 6.07) is 9.02. The predicted octanol–water partition coefficient (Wildman–Crippen LogP) is 3.78. The average molecular weight is 467 g/mol. The van der Waals surface area contributed by atoms with Crippen LogP contribution >= 0.6 is 15.9 Å². The first-order chi connectivity index (χ1) is 14.0. The first-order valence-corrected chi connectivity index (χ1v) is 9.08. The summed E-state index contributed by atoms with van der Waals surface area (Å²) in [6.07, 6.45) is 0. The number of carbonyl (C=O) groups excluding carboxylic acids is 1. The van der Waals surface area contributed by atoms with Crippen molar-refractivity contribution in [3.05, 3.63) is 52.6 Å². The predicted molar refractivity (Wildman–Crippen MR) is 102 cm³/mol. The van der Waals surface area contributed by atoms with Gasteiger partial charge in [0.05, 0.1) is 18.7 Å². The van der Waals surface area contributed by atoms with Crippen LogP contribution in [0.3, 0.4) is 0 Å². The van der Waals surface area contributed by atoms with E-state index in [1.54, 1.807) is 18.2 Å². The Kier molecular flexibility index (Phi) is 6.65. The standard InChI is InChI=1S/C19H16BrFN2O6/c1-25-15-5-3-11(7-16(15)26-2)19-22-17(29-23-19)9-28-18(24)10-27-14-6-4-12(21)8-13(14)20/h3-8H,9-10H2,1-2H3. The molecule has 0 saturated carbocycles. The fourth-order valence-electron chi connectivity index (χ4n) is 2.32. The highest BCUT2D eigenvalue weighted by Crippen LogP contribution is 2.31. The maximum Gasteiger partial charge on any atom is 0.344 e. The molecule has 0 bridgehead atoms. The molecule has 10 heteroatoms. The van der Waals surface area contributed by atoms with Crippen LogP contribution in [0.1, 0.15) is 5.89 Å². The summed E-state index contributed by atoms with van der Waals surface area (Å²) in [6.45, 7) is -0.575. The van der Waals surface area contributed by atoms with Crippen molar-refractivity contribution in [2.24, 2.45) is 0 Å². The highest BCUT2D eigenvalue weighted by atomic mass is 79.9. The first-order valence-electron chi connectivity index (χ1n) is 8.28. The SMILES string of the molecule is COc1ccc(-c2noc(COC(=O)COc3ccc(F)cc3Br)n2)cc1OC. The lowest BCUT2D eigenvalue weighted by Gasteiger charge is -2.07. The van der Waals surface area contributed by atoms with Gasteiger partial charge in [0, 0.05) is 5.56 Å². The van der Waals surface area contributed by atoms with E-state index in [0.717, 1.165) is 0 Å².